The summed E-state index contributed by atoms with van der Waals surface area (Å²) in [5, 5.41) is 0. The predicted octanol–water partition coefficient (Wildman–Crippen LogP) is 1.02. The molecule has 0 aliphatic carbocycles. The van der Waals surface area contributed by atoms with Crippen molar-refractivity contribution in [1.29, 1.82) is 0 Å². The van der Waals surface area contributed by atoms with Crippen LogP contribution in [0.4, 0.5) is 0 Å². The Morgan fingerprint density at radius 3 is 2.60 bits per heavy atom. The van der Waals surface area contributed by atoms with E-state index in [9.17, 15) is 0 Å². The first-order chi connectivity index (χ1) is 4.93. The van der Waals surface area contributed by atoms with Crippen LogP contribution in [0, 0.1) is 0 Å². The number of hydrogen-bond acceptors (Lipinski definition) is 2. The number of rotatable bonds is 2. The van der Waals surface area contributed by atoms with E-state index in [0.717, 1.165) is 5.56 Å². The molecule has 1 aromatic rings. The first-order valence-corrected chi connectivity index (χ1v) is 3.18. The van der Waals surface area contributed by atoms with Gasteiger partial charge in [-0.3, -0.25) is 4.99 Å². The van der Waals surface area contributed by atoms with Crippen molar-refractivity contribution in [2.24, 2.45) is 10.7 Å². The molecular weight excluding hydrogens is 124 g/mol. The van der Waals surface area contributed by atoms with Gasteiger partial charge in [-0.1, -0.05) is 30.3 Å². The zero-order valence-electron chi connectivity index (χ0n) is 5.70. The van der Waals surface area contributed by atoms with E-state index in [1.807, 2.05) is 30.3 Å². The van der Waals surface area contributed by atoms with Crippen molar-refractivity contribution in [3.05, 3.63) is 35.9 Å². The van der Waals surface area contributed by atoms with Crippen molar-refractivity contribution in [3.63, 3.8) is 0 Å². The van der Waals surface area contributed by atoms with Gasteiger partial charge >= 0.3 is 0 Å². The van der Waals surface area contributed by atoms with E-state index >= 15 is 0 Å². The highest BCUT2D eigenvalue weighted by molar-refractivity contribution is 5.79. The number of nitrogens with zero attached hydrogens (tertiary/aromatic N) is 1. The van der Waals surface area contributed by atoms with E-state index < -0.39 is 0 Å². The normalized spacial score (nSPS) is 10.5. The Bertz CT molecular complexity index is 204. The maximum absolute atomic E-state index is 5.18. The molecule has 1 aromatic carbocycles. The molecule has 0 bridgehead atoms. The standard InChI is InChI=1S/C8H10N2/c9-7-10-6-8-4-2-1-3-5-8/h1-6H,7,9H2. The highest BCUT2D eigenvalue weighted by Crippen LogP contribution is 1.92. The molecule has 0 saturated heterocycles. The fraction of sp³-hybridized carbons (Fsp3) is 0.125. The average Bonchev–Trinajstić information content (AvgIpc) is 2.03. The van der Waals surface area contributed by atoms with Crippen LogP contribution in [0.15, 0.2) is 35.3 Å². The molecular formula is C8H10N2. The lowest BCUT2D eigenvalue weighted by Crippen LogP contribution is -1.94. The molecule has 0 aliphatic heterocycles. The molecule has 0 fully saturated rings. The largest absolute Gasteiger partial charge is 0.312 e. The third-order valence-corrected chi connectivity index (χ3v) is 1.15. The summed E-state index contributed by atoms with van der Waals surface area (Å²) in [6, 6.07) is 9.88. The lowest BCUT2D eigenvalue weighted by molar-refractivity contribution is 1.08. The minimum atomic E-state index is 0.356. The maximum atomic E-state index is 5.18. The lowest BCUT2D eigenvalue weighted by atomic mass is 10.2. The van der Waals surface area contributed by atoms with Gasteiger partial charge in [0.25, 0.3) is 0 Å². The van der Waals surface area contributed by atoms with E-state index in [-0.39, 0.29) is 0 Å². The van der Waals surface area contributed by atoms with Crippen molar-refractivity contribution < 1.29 is 0 Å². The molecule has 2 nitrogen and oxygen atoms in total. The number of benzene rings is 1. The smallest absolute Gasteiger partial charge is 0.0859 e. The summed E-state index contributed by atoms with van der Waals surface area (Å²) in [6.45, 7) is 0.356. The SMILES string of the molecule is NCN=Cc1ccccc1. The number of aliphatic imine (C=N–C) groups is 1. The molecule has 10 heavy (non-hydrogen) atoms. The van der Waals surface area contributed by atoms with Crippen LogP contribution in [0.3, 0.4) is 0 Å². The summed E-state index contributed by atoms with van der Waals surface area (Å²) in [5.41, 5.74) is 6.27. The fourth-order valence-electron chi connectivity index (χ4n) is 0.697. The minimum absolute atomic E-state index is 0.356. The summed E-state index contributed by atoms with van der Waals surface area (Å²) in [6.07, 6.45) is 1.76. The van der Waals surface area contributed by atoms with Crippen LogP contribution in [-0.4, -0.2) is 12.9 Å². The second-order valence-corrected chi connectivity index (χ2v) is 1.90. The van der Waals surface area contributed by atoms with Gasteiger partial charge in [0.15, 0.2) is 0 Å². The van der Waals surface area contributed by atoms with Gasteiger partial charge in [-0.15, -0.1) is 0 Å². The van der Waals surface area contributed by atoms with Gasteiger partial charge in [0, 0.05) is 6.21 Å². The Labute approximate surface area is 60.4 Å². The van der Waals surface area contributed by atoms with E-state index in [1.165, 1.54) is 0 Å². The zero-order chi connectivity index (χ0) is 7.23. The average molecular weight is 134 g/mol. The third-order valence-electron chi connectivity index (χ3n) is 1.15. The Balaban J connectivity index is 2.67. The van der Waals surface area contributed by atoms with E-state index in [2.05, 4.69) is 4.99 Å². The van der Waals surface area contributed by atoms with Crippen molar-refractivity contribution in [3.8, 4) is 0 Å². The molecule has 2 N–H and O–H groups in total. The minimum Gasteiger partial charge on any atom is -0.312 e. The lowest BCUT2D eigenvalue weighted by Gasteiger charge is -1.87. The second kappa shape index (κ2) is 3.80. The van der Waals surface area contributed by atoms with Crippen LogP contribution in [-0.2, 0) is 0 Å². The zero-order valence-corrected chi connectivity index (χ0v) is 5.70. The quantitative estimate of drug-likeness (QED) is 0.602. The van der Waals surface area contributed by atoms with Crippen LogP contribution >= 0.6 is 0 Å². The van der Waals surface area contributed by atoms with Gasteiger partial charge in [-0.2, -0.15) is 0 Å². The van der Waals surface area contributed by atoms with Crippen LogP contribution < -0.4 is 5.73 Å². The Morgan fingerprint density at radius 1 is 1.30 bits per heavy atom. The fourth-order valence-corrected chi connectivity index (χ4v) is 0.697. The van der Waals surface area contributed by atoms with Gasteiger partial charge < -0.3 is 5.73 Å². The van der Waals surface area contributed by atoms with Gasteiger partial charge in [0.1, 0.15) is 0 Å². The summed E-state index contributed by atoms with van der Waals surface area (Å²) >= 11 is 0. The number of hydrogen-bond donors (Lipinski definition) is 1. The highest BCUT2D eigenvalue weighted by atomic mass is 14.8. The van der Waals surface area contributed by atoms with Crippen LogP contribution in [0.2, 0.25) is 0 Å². The molecule has 2 heteroatoms. The molecule has 52 valence electrons. The van der Waals surface area contributed by atoms with E-state index in [4.69, 9.17) is 5.73 Å². The summed E-state index contributed by atoms with van der Waals surface area (Å²) in [5.74, 6) is 0. The van der Waals surface area contributed by atoms with Crippen molar-refractivity contribution in [1.82, 2.24) is 0 Å². The topological polar surface area (TPSA) is 38.4 Å². The summed E-state index contributed by atoms with van der Waals surface area (Å²) < 4.78 is 0. The summed E-state index contributed by atoms with van der Waals surface area (Å²) in [4.78, 5) is 3.89. The Morgan fingerprint density at radius 2 is 2.00 bits per heavy atom. The van der Waals surface area contributed by atoms with Crippen LogP contribution in [0.25, 0.3) is 0 Å². The molecule has 0 saturated carbocycles. The van der Waals surface area contributed by atoms with Crippen LogP contribution in [0.1, 0.15) is 5.56 Å². The Hall–Kier alpha value is -1.15. The predicted molar refractivity (Wildman–Crippen MR) is 43.1 cm³/mol. The Kier molecular flexibility index (Phi) is 2.64. The third kappa shape index (κ3) is 1.99. The monoisotopic (exact) mass is 134 g/mol. The van der Waals surface area contributed by atoms with Crippen molar-refractivity contribution in [2.75, 3.05) is 6.67 Å². The van der Waals surface area contributed by atoms with Gasteiger partial charge in [0.05, 0.1) is 6.67 Å². The van der Waals surface area contributed by atoms with Gasteiger partial charge in [-0.25, -0.2) is 0 Å². The number of nitrogens with two attached hydrogens (primary N) is 1. The maximum Gasteiger partial charge on any atom is 0.0859 e. The van der Waals surface area contributed by atoms with Crippen molar-refractivity contribution in [2.45, 2.75) is 0 Å². The molecule has 0 heterocycles. The summed E-state index contributed by atoms with van der Waals surface area (Å²) in [7, 11) is 0. The molecule has 0 spiro atoms. The molecule has 0 amide bonds. The highest BCUT2D eigenvalue weighted by Gasteiger charge is 1.80. The van der Waals surface area contributed by atoms with Gasteiger partial charge in [0.2, 0.25) is 0 Å². The molecule has 0 aliphatic rings. The van der Waals surface area contributed by atoms with Gasteiger partial charge in [-0.05, 0) is 5.56 Å². The molecule has 0 unspecified atom stereocenters. The molecule has 0 aromatic heterocycles. The van der Waals surface area contributed by atoms with E-state index in [1.54, 1.807) is 6.21 Å². The van der Waals surface area contributed by atoms with E-state index in [0.29, 0.717) is 6.67 Å². The molecule has 0 radical (unpaired) electrons. The second-order valence-electron chi connectivity index (χ2n) is 1.90. The van der Waals surface area contributed by atoms with Crippen molar-refractivity contribution >= 4 is 6.21 Å². The molecule has 1 rings (SSSR count). The first-order valence-electron chi connectivity index (χ1n) is 3.18. The first kappa shape index (κ1) is 6.96. The molecule has 0 atom stereocenters. The van der Waals surface area contributed by atoms with Crippen LogP contribution in [0.5, 0.6) is 0 Å².